The highest BCUT2D eigenvalue weighted by atomic mass is 16.5. The van der Waals surface area contributed by atoms with Gasteiger partial charge in [0.1, 0.15) is 11.9 Å². The molecule has 1 aromatic carbocycles. The smallest absolute Gasteiger partial charge is 0.119 e. The Bertz CT molecular complexity index is 947. The monoisotopic (exact) mass is 423 g/mol. The maximum Gasteiger partial charge on any atom is 0.119 e. The largest absolute Gasteiger partial charge is 0.493 e. The van der Waals surface area contributed by atoms with Gasteiger partial charge in [-0.05, 0) is 36.6 Å². The first-order valence-electron chi connectivity index (χ1n) is 11.2. The second kappa shape index (κ2) is 10.1. The number of aromatic nitrogens is 4. The van der Waals surface area contributed by atoms with Crippen molar-refractivity contribution in [3.8, 4) is 5.75 Å². The van der Waals surface area contributed by atoms with Gasteiger partial charge in [0.05, 0.1) is 25.1 Å². The number of nitrogens with one attached hydrogen (secondary N) is 1. The minimum atomic E-state index is -0.00975. The van der Waals surface area contributed by atoms with Crippen molar-refractivity contribution >= 4 is 0 Å². The first-order valence-corrected chi connectivity index (χ1v) is 11.2. The third-order valence-electron chi connectivity index (χ3n) is 5.73. The van der Waals surface area contributed by atoms with E-state index < -0.39 is 0 Å². The van der Waals surface area contributed by atoms with E-state index in [0.29, 0.717) is 19.1 Å². The summed E-state index contributed by atoms with van der Waals surface area (Å²) in [5.74, 6) is 1.44. The molecule has 0 amide bonds. The van der Waals surface area contributed by atoms with Crippen LogP contribution in [-0.2, 0) is 24.2 Å². The second-order valence-electron chi connectivity index (χ2n) is 8.44. The highest BCUT2D eigenvalue weighted by molar-refractivity contribution is 5.29. The van der Waals surface area contributed by atoms with Crippen LogP contribution in [0.4, 0.5) is 0 Å². The summed E-state index contributed by atoms with van der Waals surface area (Å²) in [6.45, 7) is 11.4. The van der Waals surface area contributed by atoms with Gasteiger partial charge in [-0.25, -0.2) is 0 Å². The van der Waals surface area contributed by atoms with Crippen molar-refractivity contribution in [2.24, 2.45) is 0 Å². The van der Waals surface area contributed by atoms with Gasteiger partial charge < -0.3 is 9.47 Å². The normalized spacial score (nSPS) is 17.4. The van der Waals surface area contributed by atoms with Crippen LogP contribution in [0.1, 0.15) is 55.3 Å². The Morgan fingerprint density at radius 1 is 1.26 bits per heavy atom. The molecule has 1 saturated heterocycles. The predicted octanol–water partition coefficient (Wildman–Crippen LogP) is 3.94. The summed E-state index contributed by atoms with van der Waals surface area (Å²) in [4.78, 5) is 2.41. The van der Waals surface area contributed by atoms with E-state index in [2.05, 4.69) is 65.4 Å². The molecular formula is C24H33N5O2. The first-order chi connectivity index (χ1) is 15.1. The van der Waals surface area contributed by atoms with E-state index >= 15 is 0 Å². The van der Waals surface area contributed by atoms with Gasteiger partial charge >= 0.3 is 0 Å². The Morgan fingerprint density at radius 2 is 2.10 bits per heavy atom. The lowest BCUT2D eigenvalue weighted by molar-refractivity contribution is -0.0350. The van der Waals surface area contributed by atoms with Crippen molar-refractivity contribution in [2.75, 3.05) is 26.3 Å². The molecule has 0 spiro atoms. The molecule has 0 radical (unpaired) electrons. The number of benzene rings is 1. The minimum absolute atomic E-state index is 0.00975. The molecule has 0 saturated carbocycles. The standard InChI is InChI=1S/C24H33N5O2/c1-4-29-16-19(14-25-29)15-28-10-12-31-24(17-28)23-13-21(26-27-23)9-11-30-22-7-5-20(6-8-22)18(2)3/h5-8,13-14,16,18,24H,4,9-12,15,17H2,1-3H3,(H,26,27). The highest BCUT2D eigenvalue weighted by Crippen LogP contribution is 2.23. The summed E-state index contributed by atoms with van der Waals surface area (Å²) < 4.78 is 13.9. The third-order valence-corrected chi connectivity index (χ3v) is 5.73. The van der Waals surface area contributed by atoms with Crippen molar-refractivity contribution in [3.05, 3.63) is 65.2 Å². The zero-order valence-corrected chi connectivity index (χ0v) is 18.8. The maximum atomic E-state index is 6.00. The average Bonchev–Trinajstić information content (AvgIpc) is 3.44. The molecule has 2 aromatic heterocycles. The van der Waals surface area contributed by atoms with Crippen LogP contribution in [0.25, 0.3) is 0 Å². The first kappa shape index (κ1) is 21.6. The summed E-state index contributed by atoms with van der Waals surface area (Å²) in [5, 5.41) is 12.0. The number of hydrogen-bond acceptors (Lipinski definition) is 5. The van der Waals surface area contributed by atoms with Crippen molar-refractivity contribution in [3.63, 3.8) is 0 Å². The highest BCUT2D eigenvalue weighted by Gasteiger charge is 2.24. The summed E-state index contributed by atoms with van der Waals surface area (Å²) in [7, 11) is 0. The lowest BCUT2D eigenvalue weighted by Gasteiger charge is -2.31. The molecule has 4 rings (SSSR count). The number of morpholine rings is 1. The lowest BCUT2D eigenvalue weighted by Crippen LogP contribution is -2.37. The lowest BCUT2D eigenvalue weighted by atomic mass is 10.0. The zero-order chi connectivity index (χ0) is 21.6. The molecule has 7 heteroatoms. The van der Waals surface area contributed by atoms with Crippen LogP contribution in [0.5, 0.6) is 5.75 Å². The van der Waals surface area contributed by atoms with E-state index in [0.717, 1.165) is 49.7 Å². The fourth-order valence-electron chi connectivity index (χ4n) is 3.84. The molecule has 1 aliphatic rings. The van der Waals surface area contributed by atoms with Crippen LogP contribution in [0.3, 0.4) is 0 Å². The van der Waals surface area contributed by atoms with Gasteiger partial charge in [-0.1, -0.05) is 26.0 Å². The van der Waals surface area contributed by atoms with Crippen LogP contribution in [0.2, 0.25) is 0 Å². The van der Waals surface area contributed by atoms with Crippen molar-refractivity contribution in [1.29, 1.82) is 0 Å². The molecule has 1 unspecified atom stereocenters. The van der Waals surface area contributed by atoms with Crippen molar-refractivity contribution in [1.82, 2.24) is 24.9 Å². The molecular weight excluding hydrogens is 390 g/mol. The van der Waals surface area contributed by atoms with Crippen LogP contribution < -0.4 is 4.74 Å². The number of aromatic amines is 1. The van der Waals surface area contributed by atoms with E-state index in [-0.39, 0.29) is 6.10 Å². The fourth-order valence-corrected chi connectivity index (χ4v) is 3.84. The predicted molar refractivity (Wildman–Crippen MR) is 120 cm³/mol. The Labute approximate surface area is 184 Å². The number of nitrogens with zero attached hydrogens (tertiary/aromatic N) is 4. The summed E-state index contributed by atoms with van der Waals surface area (Å²) >= 11 is 0. The SMILES string of the molecule is CCn1cc(CN2CCOC(c3cc(CCOc4ccc(C(C)C)cc4)[nH]n3)C2)cn1. The van der Waals surface area contributed by atoms with Crippen molar-refractivity contribution in [2.45, 2.75) is 52.3 Å². The average molecular weight is 424 g/mol. The molecule has 3 heterocycles. The van der Waals surface area contributed by atoms with Crippen molar-refractivity contribution < 1.29 is 9.47 Å². The van der Waals surface area contributed by atoms with Crippen LogP contribution in [0, 0.1) is 0 Å². The van der Waals surface area contributed by atoms with E-state index in [4.69, 9.17) is 9.47 Å². The van der Waals surface area contributed by atoms with Gasteiger partial charge in [0.2, 0.25) is 0 Å². The molecule has 0 bridgehead atoms. The van der Waals surface area contributed by atoms with Gasteiger partial charge in [0.25, 0.3) is 0 Å². The van der Waals surface area contributed by atoms with E-state index in [1.807, 2.05) is 23.0 Å². The molecule has 1 fully saturated rings. The minimum Gasteiger partial charge on any atom is -0.493 e. The topological polar surface area (TPSA) is 68.2 Å². The number of rotatable bonds is 9. The van der Waals surface area contributed by atoms with E-state index in [1.54, 1.807) is 0 Å². The third kappa shape index (κ3) is 5.74. The molecule has 0 aliphatic carbocycles. The molecule has 1 N–H and O–H groups in total. The summed E-state index contributed by atoms with van der Waals surface area (Å²) in [6.07, 6.45) is 4.85. The molecule has 31 heavy (non-hydrogen) atoms. The van der Waals surface area contributed by atoms with E-state index in [9.17, 15) is 0 Å². The number of aryl methyl sites for hydroxylation is 1. The van der Waals surface area contributed by atoms with Gasteiger partial charge in [-0.3, -0.25) is 14.7 Å². The number of ether oxygens (including phenoxy) is 2. The molecule has 1 aliphatic heterocycles. The molecule has 166 valence electrons. The maximum absolute atomic E-state index is 6.00. The van der Waals surface area contributed by atoms with Crippen LogP contribution in [0.15, 0.2) is 42.7 Å². The van der Waals surface area contributed by atoms with Gasteiger partial charge in [-0.15, -0.1) is 0 Å². The van der Waals surface area contributed by atoms with Gasteiger partial charge in [0, 0.05) is 50.1 Å². The number of H-pyrrole nitrogens is 1. The Balaban J connectivity index is 1.26. The van der Waals surface area contributed by atoms with E-state index in [1.165, 1.54) is 11.1 Å². The second-order valence-corrected chi connectivity index (χ2v) is 8.44. The molecule has 7 nitrogen and oxygen atoms in total. The fraction of sp³-hybridized carbons (Fsp3) is 0.500. The summed E-state index contributed by atoms with van der Waals surface area (Å²) in [5.41, 5.74) is 4.60. The number of hydrogen-bond donors (Lipinski definition) is 1. The Kier molecular flexibility index (Phi) is 7.04. The summed E-state index contributed by atoms with van der Waals surface area (Å²) in [6, 6.07) is 10.5. The molecule has 3 aromatic rings. The van der Waals surface area contributed by atoms with Gasteiger partial charge in [-0.2, -0.15) is 10.2 Å². The van der Waals surface area contributed by atoms with Gasteiger partial charge in [0.15, 0.2) is 0 Å². The molecule has 1 atom stereocenters. The van der Waals surface area contributed by atoms with Crippen LogP contribution >= 0.6 is 0 Å². The van der Waals surface area contributed by atoms with Crippen LogP contribution in [-0.4, -0.2) is 51.2 Å². The Hall–Kier alpha value is -2.64. The Morgan fingerprint density at radius 3 is 2.84 bits per heavy atom. The zero-order valence-electron chi connectivity index (χ0n) is 18.8. The quantitative estimate of drug-likeness (QED) is 0.565.